The number of hydrogen-bond donors (Lipinski definition) is 2. The molecule has 0 atom stereocenters. The third-order valence-electron chi connectivity index (χ3n) is 0.816. The highest BCUT2D eigenvalue weighted by Crippen LogP contribution is 2.32. The first-order valence-corrected chi connectivity index (χ1v) is 4.19. The van der Waals surface area contributed by atoms with E-state index in [1.54, 1.807) is 0 Å². The molecule has 0 saturated carbocycles. The normalized spacial score (nSPS) is 18.3. The molecule has 0 aromatic heterocycles. The molecule has 0 aromatic carbocycles. The zero-order valence-electron chi connectivity index (χ0n) is 4.53. The van der Waals surface area contributed by atoms with Crippen molar-refractivity contribution < 1.29 is 4.79 Å². The molecule has 5 heteroatoms. The SMILES string of the molecule is NNC(=O)C1SC=CS1. The van der Waals surface area contributed by atoms with Gasteiger partial charge in [-0.1, -0.05) is 0 Å². The van der Waals surface area contributed by atoms with Crippen molar-refractivity contribution in [1.82, 2.24) is 5.43 Å². The van der Waals surface area contributed by atoms with Crippen molar-refractivity contribution in [2.45, 2.75) is 4.58 Å². The second-order valence-corrected chi connectivity index (χ2v) is 3.71. The molecule has 1 amide bonds. The Morgan fingerprint density at radius 2 is 2.11 bits per heavy atom. The van der Waals surface area contributed by atoms with E-state index in [0.29, 0.717) is 0 Å². The summed E-state index contributed by atoms with van der Waals surface area (Å²) in [5.74, 6) is 4.77. The van der Waals surface area contributed by atoms with Crippen LogP contribution in [-0.2, 0) is 4.79 Å². The summed E-state index contributed by atoms with van der Waals surface area (Å²) in [5, 5.41) is 3.76. The van der Waals surface area contributed by atoms with Crippen molar-refractivity contribution in [3.05, 3.63) is 10.8 Å². The van der Waals surface area contributed by atoms with Crippen LogP contribution in [0.2, 0.25) is 0 Å². The Morgan fingerprint density at radius 1 is 1.56 bits per heavy atom. The number of hydrazine groups is 1. The average molecular weight is 162 g/mol. The fourth-order valence-corrected chi connectivity index (χ4v) is 2.25. The molecule has 0 aliphatic carbocycles. The molecule has 3 nitrogen and oxygen atoms in total. The molecule has 0 bridgehead atoms. The van der Waals surface area contributed by atoms with E-state index >= 15 is 0 Å². The standard InChI is InChI=1S/C4H6N2OS2/c5-6-3(7)4-8-1-2-9-4/h1-2,4H,5H2,(H,6,7). The van der Waals surface area contributed by atoms with Crippen LogP contribution in [0.3, 0.4) is 0 Å². The molecule has 0 aromatic rings. The molecule has 0 fully saturated rings. The van der Waals surface area contributed by atoms with Gasteiger partial charge in [0.2, 0.25) is 0 Å². The van der Waals surface area contributed by atoms with Crippen LogP contribution in [0.4, 0.5) is 0 Å². The summed E-state index contributed by atoms with van der Waals surface area (Å²) in [5.41, 5.74) is 2.09. The second kappa shape index (κ2) is 3.14. The number of nitrogens with one attached hydrogen (secondary N) is 1. The number of carbonyl (C=O) groups excluding carboxylic acids is 1. The molecule has 9 heavy (non-hydrogen) atoms. The zero-order valence-corrected chi connectivity index (χ0v) is 6.17. The Morgan fingerprint density at radius 3 is 2.56 bits per heavy atom. The molecular weight excluding hydrogens is 156 g/mol. The Balaban J connectivity index is 2.36. The zero-order chi connectivity index (χ0) is 6.69. The molecule has 1 heterocycles. The Labute approximate surface area is 61.4 Å². The van der Waals surface area contributed by atoms with E-state index in [4.69, 9.17) is 5.84 Å². The van der Waals surface area contributed by atoms with Gasteiger partial charge in [-0.2, -0.15) is 0 Å². The summed E-state index contributed by atoms with van der Waals surface area (Å²) >= 11 is 2.93. The van der Waals surface area contributed by atoms with Gasteiger partial charge in [0, 0.05) is 0 Å². The molecule has 0 saturated heterocycles. The van der Waals surface area contributed by atoms with Crippen molar-refractivity contribution in [3.63, 3.8) is 0 Å². The lowest BCUT2D eigenvalue weighted by molar-refractivity contribution is -0.119. The summed E-state index contributed by atoms with van der Waals surface area (Å²) < 4.78 is -0.0741. The van der Waals surface area contributed by atoms with Gasteiger partial charge in [-0.3, -0.25) is 10.2 Å². The van der Waals surface area contributed by atoms with E-state index in [9.17, 15) is 4.79 Å². The minimum absolute atomic E-state index is 0.0741. The van der Waals surface area contributed by atoms with Gasteiger partial charge in [0.15, 0.2) is 0 Å². The van der Waals surface area contributed by atoms with Crippen LogP contribution in [0.25, 0.3) is 0 Å². The summed E-state index contributed by atoms with van der Waals surface area (Å²) in [6.07, 6.45) is 0. The van der Waals surface area contributed by atoms with Crippen molar-refractivity contribution in [2.24, 2.45) is 5.84 Å². The highest BCUT2D eigenvalue weighted by molar-refractivity contribution is 8.23. The predicted octanol–water partition coefficient (Wildman–Crippen LogP) is 0.254. The summed E-state index contributed by atoms with van der Waals surface area (Å²) in [7, 11) is 0. The molecule has 0 radical (unpaired) electrons. The number of hydrogen-bond acceptors (Lipinski definition) is 4. The highest BCUT2D eigenvalue weighted by Gasteiger charge is 2.19. The topological polar surface area (TPSA) is 55.1 Å². The highest BCUT2D eigenvalue weighted by atomic mass is 32.2. The lowest BCUT2D eigenvalue weighted by atomic mass is 10.7. The van der Waals surface area contributed by atoms with Crippen LogP contribution >= 0.6 is 23.5 Å². The third-order valence-corrected chi connectivity index (χ3v) is 3.16. The van der Waals surface area contributed by atoms with Gasteiger partial charge in [0.25, 0.3) is 5.91 Å². The first kappa shape index (κ1) is 6.98. The van der Waals surface area contributed by atoms with Gasteiger partial charge < -0.3 is 0 Å². The van der Waals surface area contributed by atoms with Gasteiger partial charge >= 0.3 is 0 Å². The van der Waals surface area contributed by atoms with Gasteiger partial charge in [-0.15, -0.1) is 23.5 Å². The van der Waals surface area contributed by atoms with Crippen molar-refractivity contribution in [3.8, 4) is 0 Å². The summed E-state index contributed by atoms with van der Waals surface area (Å²) in [6, 6.07) is 0. The molecule has 0 spiro atoms. The van der Waals surface area contributed by atoms with Crippen LogP contribution in [0.5, 0.6) is 0 Å². The Bertz CT molecular complexity index is 140. The number of rotatable bonds is 1. The maximum absolute atomic E-state index is 10.7. The number of nitrogens with two attached hydrogens (primary N) is 1. The molecule has 1 aliphatic rings. The van der Waals surface area contributed by atoms with Crippen molar-refractivity contribution in [1.29, 1.82) is 0 Å². The fraction of sp³-hybridized carbons (Fsp3) is 0.250. The maximum atomic E-state index is 10.7. The minimum atomic E-state index is -0.130. The van der Waals surface area contributed by atoms with Crippen molar-refractivity contribution in [2.75, 3.05) is 0 Å². The summed E-state index contributed by atoms with van der Waals surface area (Å²) in [6.45, 7) is 0. The van der Waals surface area contributed by atoms with E-state index < -0.39 is 0 Å². The third kappa shape index (κ3) is 1.64. The number of thioether (sulfide) groups is 2. The predicted molar refractivity (Wildman–Crippen MR) is 40.4 cm³/mol. The molecule has 50 valence electrons. The van der Waals surface area contributed by atoms with E-state index in [1.807, 2.05) is 10.8 Å². The van der Waals surface area contributed by atoms with Gasteiger partial charge in [0.1, 0.15) is 4.58 Å². The first-order chi connectivity index (χ1) is 4.34. The largest absolute Gasteiger partial charge is 0.293 e. The molecule has 1 aliphatic heterocycles. The Kier molecular flexibility index (Phi) is 2.44. The van der Waals surface area contributed by atoms with Crippen LogP contribution in [0, 0.1) is 0 Å². The van der Waals surface area contributed by atoms with E-state index in [2.05, 4.69) is 5.43 Å². The van der Waals surface area contributed by atoms with Crippen LogP contribution in [0.15, 0.2) is 10.8 Å². The second-order valence-electron chi connectivity index (χ2n) is 1.38. The average Bonchev–Trinajstić information content (AvgIpc) is 2.37. The molecule has 1 rings (SSSR count). The molecule has 3 N–H and O–H groups in total. The first-order valence-electron chi connectivity index (χ1n) is 2.31. The smallest absolute Gasteiger partial charge is 0.257 e. The van der Waals surface area contributed by atoms with Gasteiger partial charge in [-0.25, -0.2) is 5.84 Å². The lowest BCUT2D eigenvalue weighted by Crippen LogP contribution is -2.35. The fourth-order valence-electron chi connectivity index (χ4n) is 0.431. The van der Waals surface area contributed by atoms with E-state index in [-0.39, 0.29) is 10.5 Å². The van der Waals surface area contributed by atoms with Crippen LogP contribution in [-0.4, -0.2) is 10.5 Å². The van der Waals surface area contributed by atoms with Crippen LogP contribution < -0.4 is 11.3 Å². The van der Waals surface area contributed by atoms with Crippen LogP contribution in [0.1, 0.15) is 0 Å². The monoisotopic (exact) mass is 162 g/mol. The Hall–Kier alpha value is -0.130. The minimum Gasteiger partial charge on any atom is -0.293 e. The van der Waals surface area contributed by atoms with Gasteiger partial charge in [0.05, 0.1) is 0 Å². The lowest BCUT2D eigenvalue weighted by Gasteiger charge is -2.03. The van der Waals surface area contributed by atoms with E-state index in [0.717, 1.165) is 0 Å². The quantitative estimate of drug-likeness (QED) is 0.330. The van der Waals surface area contributed by atoms with Gasteiger partial charge in [-0.05, 0) is 10.8 Å². The molecule has 0 unspecified atom stereocenters. The van der Waals surface area contributed by atoms with E-state index in [1.165, 1.54) is 23.5 Å². The maximum Gasteiger partial charge on any atom is 0.257 e. The molecular formula is C4H6N2OS2. The van der Waals surface area contributed by atoms with Crippen molar-refractivity contribution >= 4 is 29.4 Å². The summed E-state index contributed by atoms with van der Waals surface area (Å²) in [4.78, 5) is 10.7. The number of carbonyl (C=O) groups is 1. The number of amides is 1.